The van der Waals surface area contributed by atoms with Crippen LogP contribution in [0, 0.1) is 0 Å². The van der Waals surface area contributed by atoms with Crippen LogP contribution in [0.5, 0.6) is 0 Å². The molecule has 3 aromatic rings. The minimum atomic E-state index is -0.767. The summed E-state index contributed by atoms with van der Waals surface area (Å²) in [5.41, 5.74) is 0.546. The van der Waals surface area contributed by atoms with Crippen molar-refractivity contribution in [3.63, 3.8) is 0 Å². The molecule has 0 aliphatic carbocycles. The van der Waals surface area contributed by atoms with Crippen LogP contribution in [-0.2, 0) is 11.3 Å². The monoisotopic (exact) mass is 344 g/mol. The average molecular weight is 344 g/mol. The number of hydrogen-bond acceptors (Lipinski definition) is 6. The maximum absolute atomic E-state index is 12.0. The van der Waals surface area contributed by atoms with E-state index in [1.165, 1.54) is 11.3 Å². The van der Waals surface area contributed by atoms with Crippen LogP contribution in [0.1, 0.15) is 0 Å². The fraction of sp³-hybridized carbons (Fsp3) is 0.0667. The van der Waals surface area contributed by atoms with Gasteiger partial charge in [-0.1, -0.05) is 29.4 Å². The van der Waals surface area contributed by atoms with Crippen LogP contribution in [0.15, 0.2) is 57.2 Å². The van der Waals surface area contributed by atoms with Gasteiger partial charge in [-0.2, -0.15) is 0 Å². The molecule has 24 heavy (non-hydrogen) atoms. The molecule has 0 atom stereocenters. The highest BCUT2D eigenvalue weighted by molar-refractivity contribution is 7.13. The third-order valence-electron chi connectivity index (χ3n) is 3.01. The van der Waals surface area contributed by atoms with Gasteiger partial charge in [0.2, 0.25) is 5.91 Å². The zero-order valence-corrected chi connectivity index (χ0v) is 13.1. The van der Waals surface area contributed by atoms with E-state index in [0.29, 0.717) is 10.6 Å². The third kappa shape index (κ3) is 3.58. The number of anilines is 1. The number of thiophene rings is 1. The molecular formula is C15H12N4O4S. The van der Waals surface area contributed by atoms with Crippen molar-refractivity contribution >= 4 is 29.0 Å². The number of carbonyl (C=O) groups excluding carboxylic acids is 2. The van der Waals surface area contributed by atoms with E-state index in [2.05, 4.69) is 20.3 Å². The van der Waals surface area contributed by atoms with Crippen LogP contribution >= 0.6 is 11.3 Å². The Morgan fingerprint density at radius 1 is 1.17 bits per heavy atom. The minimum absolute atomic E-state index is 0.244. The molecule has 3 amide bonds. The molecule has 0 aliphatic rings. The second-order valence-corrected chi connectivity index (χ2v) is 5.65. The second kappa shape index (κ2) is 6.92. The topological polar surface area (TPSA) is 106 Å². The number of carbonyl (C=O) groups is 2. The number of urea groups is 1. The first kappa shape index (κ1) is 15.7. The molecule has 0 unspecified atom stereocenters. The smallest absolute Gasteiger partial charge is 0.308 e. The highest BCUT2D eigenvalue weighted by Crippen LogP contribution is 2.21. The summed E-state index contributed by atoms with van der Waals surface area (Å²) in [6.45, 7) is -0.377. The Bertz CT molecular complexity index is 899. The van der Waals surface area contributed by atoms with Crippen LogP contribution in [0.4, 0.5) is 10.5 Å². The molecule has 0 spiro atoms. The molecule has 9 heteroatoms. The van der Waals surface area contributed by atoms with Gasteiger partial charge in [0.15, 0.2) is 5.82 Å². The van der Waals surface area contributed by atoms with Crippen LogP contribution < -0.4 is 16.4 Å². The number of amides is 3. The largest absolute Gasteiger partial charge is 0.442 e. The Balaban J connectivity index is 1.66. The first-order valence-corrected chi connectivity index (χ1v) is 7.78. The van der Waals surface area contributed by atoms with Crippen molar-refractivity contribution in [3.8, 4) is 10.7 Å². The number of aromatic nitrogens is 2. The van der Waals surface area contributed by atoms with E-state index in [9.17, 15) is 14.4 Å². The predicted molar refractivity (Wildman–Crippen MR) is 87.7 cm³/mol. The summed E-state index contributed by atoms with van der Waals surface area (Å²) in [6.07, 6.45) is 0. The summed E-state index contributed by atoms with van der Waals surface area (Å²) < 4.78 is 5.67. The van der Waals surface area contributed by atoms with Gasteiger partial charge in [-0.05, 0) is 23.6 Å². The minimum Gasteiger partial charge on any atom is -0.308 e. The number of benzene rings is 1. The van der Waals surface area contributed by atoms with Crippen LogP contribution in [-0.4, -0.2) is 21.7 Å². The van der Waals surface area contributed by atoms with E-state index in [-0.39, 0.29) is 12.4 Å². The van der Waals surface area contributed by atoms with Gasteiger partial charge in [0.1, 0.15) is 6.54 Å². The van der Waals surface area contributed by atoms with Gasteiger partial charge in [0.25, 0.3) is 0 Å². The zero-order chi connectivity index (χ0) is 16.9. The Hall–Kier alpha value is -3.20. The van der Waals surface area contributed by atoms with Crippen molar-refractivity contribution < 1.29 is 14.1 Å². The number of para-hydroxylation sites is 1. The SMILES string of the molecule is O=C(Cn1c(-c2cccs2)noc1=O)NC(=O)Nc1ccccc1. The molecule has 1 aromatic carbocycles. The third-order valence-corrected chi connectivity index (χ3v) is 3.88. The zero-order valence-electron chi connectivity index (χ0n) is 12.3. The molecule has 2 heterocycles. The van der Waals surface area contributed by atoms with Crippen molar-refractivity contribution in [3.05, 3.63) is 58.4 Å². The Kier molecular flexibility index (Phi) is 4.52. The number of nitrogens with zero attached hydrogens (tertiary/aromatic N) is 2. The highest BCUT2D eigenvalue weighted by atomic mass is 32.1. The summed E-state index contributed by atoms with van der Waals surface area (Å²) in [6, 6.07) is 11.5. The highest BCUT2D eigenvalue weighted by Gasteiger charge is 2.17. The molecule has 2 aromatic heterocycles. The molecule has 0 bridgehead atoms. The summed E-state index contributed by atoms with van der Waals surface area (Å²) in [7, 11) is 0. The van der Waals surface area contributed by atoms with E-state index in [1.807, 2.05) is 5.38 Å². The van der Waals surface area contributed by atoms with Crippen molar-refractivity contribution in [1.82, 2.24) is 15.0 Å². The fourth-order valence-electron chi connectivity index (χ4n) is 1.98. The number of imide groups is 1. The van der Waals surface area contributed by atoms with Crippen molar-refractivity contribution in [1.29, 1.82) is 0 Å². The van der Waals surface area contributed by atoms with E-state index in [0.717, 1.165) is 4.57 Å². The standard InChI is InChI=1S/C15H12N4O4S/c20-12(17-14(21)16-10-5-2-1-3-6-10)9-19-13(18-23-15(19)22)11-7-4-8-24-11/h1-8H,9H2,(H2,16,17,20,21). The molecule has 0 aliphatic heterocycles. The molecule has 0 saturated carbocycles. The van der Waals surface area contributed by atoms with Gasteiger partial charge in [0, 0.05) is 5.69 Å². The predicted octanol–water partition coefficient (Wildman–Crippen LogP) is 1.91. The summed E-state index contributed by atoms with van der Waals surface area (Å²) in [5, 5.41) is 10.1. The second-order valence-electron chi connectivity index (χ2n) is 4.70. The molecule has 0 radical (unpaired) electrons. The Morgan fingerprint density at radius 2 is 1.96 bits per heavy atom. The maximum atomic E-state index is 12.0. The number of hydrogen-bond donors (Lipinski definition) is 2. The normalized spacial score (nSPS) is 10.3. The summed E-state index contributed by atoms with van der Waals surface area (Å²) in [4.78, 5) is 36.2. The number of rotatable bonds is 4. The summed E-state index contributed by atoms with van der Waals surface area (Å²) in [5.74, 6) is -1.18. The summed E-state index contributed by atoms with van der Waals surface area (Å²) >= 11 is 1.35. The van der Waals surface area contributed by atoms with Crippen LogP contribution in [0.2, 0.25) is 0 Å². The molecule has 0 saturated heterocycles. The van der Waals surface area contributed by atoms with Gasteiger partial charge < -0.3 is 5.32 Å². The Labute approximate surface area is 139 Å². The van der Waals surface area contributed by atoms with Gasteiger partial charge in [-0.15, -0.1) is 11.3 Å². The maximum Gasteiger partial charge on any atom is 0.442 e. The van der Waals surface area contributed by atoms with Crippen molar-refractivity contribution in [2.24, 2.45) is 0 Å². The van der Waals surface area contributed by atoms with E-state index in [1.54, 1.807) is 42.5 Å². The number of nitrogens with one attached hydrogen (secondary N) is 2. The van der Waals surface area contributed by atoms with Gasteiger partial charge in [-0.3, -0.25) is 14.6 Å². The first-order valence-electron chi connectivity index (χ1n) is 6.90. The lowest BCUT2D eigenvalue weighted by molar-refractivity contribution is -0.120. The lowest BCUT2D eigenvalue weighted by Crippen LogP contribution is -2.38. The molecule has 2 N–H and O–H groups in total. The van der Waals surface area contributed by atoms with E-state index in [4.69, 9.17) is 0 Å². The quantitative estimate of drug-likeness (QED) is 0.752. The van der Waals surface area contributed by atoms with Crippen molar-refractivity contribution in [2.45, 2.75) is 6.54 Å². The molecule has 3 rings (SSSR count). The van der Waals surface area contributed by atoms with Crippen LogP contribution in [0.25, 0.3) is 10.7 Å². The van der Waals surface area contributed by atoms with Crippen molar-refractivity contribution in [2.75, 3.05) is 5.32 Å². The lowest BCUT2D eigenvalue weighted by atomic mass is 10.3. The van der Waals surface area contributed by atoms with Gasteiger partial charge in [-0.25, -0.2) is 14.2 Å². The molecule has 122 valence electrons. The van der Waals surface area contributed by atoms with E-state index < -0.39 is 17.7 Å². The Morgan fingerprint density at radius 3 is 2.67 bits per heavy atom. The molecule has 0 fully saturated rings. The average Bonchev–Trinajstić information content (AvgIpc) is 3.19. The van der Waals surface area contributed by atoms with E-state index >= 15 is 0 Å². The fourth-order valence-corrected chi connectivity index (χ4v) is 2.70. The first-order chi connectivity index (χ1) is 11.6. The molecule has 8 nitrogen and oxygen atoms in total. The van der Waals surface area contributed by atoms with Gasteiger partial charge in [0.05, 0.1) is 4.88 Å². The molecular weight excluding hydrogens is 332 g/mol. The van der Waals surface area contributed by atoms with Gasteiger partial charge >= 0.3 is 11.8 Å². The van der Waals surface area contributed by atoms with Crippen LogP contribution in [0.3, 0.4) is 0 Å². The lowest BCUT2D eigenvalue weighted by Gasteiger charge is -2.07.